The van der Waals surface area contributed by atoms with Gasteiger partial charge in [0.15, 0.2) is 4.80 Å². The highest BCUT2D eigenvalue weighted by atomic mass is 35.5. The molecular formula is C30H27ClN4O5S. The topological polar surface area (TPSA) is 111 Å². The van der Waals surface area contributed by atoms with Gasteiger partial charge in [0.1, 0.15) is 11.5 Å². The van der Waals surface area contributed by atoms with Crippen LogP contribution in [0.15, 0.2) is 80.1 Å². The van der Waals surface area contributed by atoms with Gasteiger partial charge in [-0.2, -0.15) is 0 Å². The van der Waals surface area contributed by atoms with Crippen molar-refractivity contribution >= 4 is 40.6 Å². The summed E-state index contributed by atoms with van der Waals surface area (Å²) in [5.41, 5.74) is 2.43. The van der Waals surface area contributed by atoms with Gasteiger partial charge in [-0.25, -0.2) is 4.99 Å². The molecule has 2 aromatic heterocycles. The van der Waals surface area contributed by atoms with Crippen LogP contribution < -0.4 is 14.9 Å². The number of amides is 1. The van der Waals surface area contributed by atoms with Crippen molar-refractivity contribution in [2.75, 3.05) is 13.1 Å². The first-order valence-corrected chi connectivity index (χ1v) is 14.2. The van der Waals surface area contributed by atoms with Gasteiger partial charge in [0, 0.05) is 30.3 Å². The van der Waals surface area contributed by atoms with Crippen molar-refractivity contribution in [2.45, 2.75) is 33.7 Å². The minimum atomic E-state index is -0.693. The molecule has 1 aliphatic heterocycles. The second-order valence-electron chi connectivity index (χ2n) is 9.59. The number of furan rings is 1. The molecule has 210 valence electrons. The van der Waals surface area contributed by atoms with Crippen molar-refractivity contribution in [1.82, 2.24) is 9.47 Å². The number of likely N-dealkylation sites (N-methyl/N-ethyl adjacent to an activating group) is 1. The largest absolute Gasteiger partial charge is 0.456 e. The van der Waals surface area contributed by atoms with E-state index in [0.29, 0.717) is 55.8 Å². The normalized spacial score (nSPS) is 15.0. The first kappa shape index (κ1) is 28.3. The number of aromatic nitrogens is 1. The van der Waals surface area contributed by atoms with Gasteiger partial charge in [-0.1, -0.05) is 41.1 Å². The van der Waals surface area contributed by atoms with Crippen LogP contribution >= 0.6 is 22.9 Å². The van der Waals surface area contributed by atoms with E-state index >= 15 is 0 Å². The molecule has 11 heteroatoms. The Morgan fingerprint density at radius 1 is 1.15 bits per heavy atom. The Morgan fingerprint density at radius 2 is 1.85 bits per heavy atom. The van der Waals surface area contributed by atoms with Crippen molar-refractivity contribution in [3.8, 4) is 11.3 Å². The molecule has 1 amide bonds. The molecule has 0 bridgehead atoms. The number of thiazole rings is 1. The Kier molecular flexibility index (Phi) is 7.79. The Balaban J connectivity index is 1.64. The molecular weight excluding hydrogens is 564 g/mol. The van der Waals surface area contributed by atoms with Crippen molar-refractivity contribution in [3.63, 3.8) is 0 Å². The minimum absolute atomic E-state index is 0.0610. The quantitative estimate of drug-likeness (QED) is 0.216. The fourth-order valence-electron chi connectivity index (χ4n) is 4.94. The number of fused-ring (bicyclic) bond motifs is 1. The highest BCUT2D eigenvalue weighted by Crippen LogP contribution is 2.33. The van der Waals surface area contributed by atoms with Crippen molar-refractivity contribution in [2.24, 2.45) is 4.99 Å². The summed E-state index contributed by atoms with van der Waals surface area (Å²) < 4.78 is 7.83. The monoisotopic (exact) mass is 590 g/mol. The lowest BCUT2D eigenvalue weighted by molar-refractivity contribution is -0.384. The average Bonchev–Trinajstić information content (AvgIpc) is 3.53. The predicted molar refractivity (Wildman–Crippen MR) is 159 cm³/mol. The van der Waals surface area contributed by atoms with Crippen molar-refractivity contribution in [3.05, 3.63) is 118 Å². The van der Waals surface area contributed by atoms with Crippen LogP contribution in [0.1, 0.15) is 43.7 Å². The third-order valence-electron chi connectivity index (χ3n) is 7.00. The van der Waals surface area contributed by atoms with E-state index in [1.54, 1.807) is 61.2 Å². The van der Waals surface area contributed by atoms with E-state index in [9.17, 15) is 19.7 Å². The molecule has 1 atom stereocenters. The van der Waals surface area contributed by atoms with Crippen LogP contribution in [0, 0.1) is 17.0 Å². The number of aryl methyl sites for hydroxylation is 1. The number of rotatable bonds is 7. The Bertz CT molecular complexity index is 1880. The molecule has 5 rings (SSSR count). The molecule has 0 unspecified atom stereocenters. The van der Waals surface area contributed by atoms with E-state index in [1.807, 2.05) is 26.0 Å². The van der Waals surface area contributed by atoms with Gasteiger partial charge in [-0.15, -0.1) is 0 Å². The van der Waals surface area contributed by atoms with E-state index in [0.717, 1.165) is 11.1 Å². The highest BCUT2D eigenvalue weighted by Gasteiger charge is 2.34. The number of carbonyl (C=O) groups excluding carboxylic acids is 1. The van der Waals surface area contributed by atoms with Crippen LogP contribution in [-0.2, 0) is 4.79 Å². The number of allylic oxidation sites excluding steroid dienone is 1. The molecule has 1 aliphatic rings. The molecule has 0 spiro atoms. The number of nitrogens with zero attached hydrogens (tertiary/aromatic N) is 4. The molecule has 0 aliphatic carbocycles. The summed E-state index contributed by atoms with van der Waals surface area (Å²) in [5, 5.41) is 12.2. The van der Waals surface area contributed by atoms with Crippen LogP contribution in [0.2, 0.25) is 5.02 Å². The lowest BCUT2D eigenvalue weighted by Gasteiger charge is -2.29. The maximum Gasteiger partial charge on any atom is 0.280 e. The fraction of sp³-hybridized carbons (Fsp3) is 0.233. The number of halogens is 1. The standard InChI is InChI=1S/C30H27ClN4O5S/c1-5-33(6-2)29(37)26-18(4)32-30-34(27(26)19-8-10-20(31)11-9-19)28(36)25(41-30)16-21-12-14-24(40-21)22-13-7-17(3)15-23(22)35(38)39/h7-16,27H,5-6H2,1-4H3/b25-16+/t27-/m1/s1. The number of nitro benzene ring substituents is 1. The Labute approximate surface area is 244 Å². The molecule has 0 fully saturated rings. The van der Waals surface area contributed by atoms with E-state index in [4.69, 9.17) is 16.0 Å². The first-order chi connectivity index (χ1) is 19.6. The molecule has 0 radical (unpaired) electrons. The Hall–Kier alpha value is -4.28. The zero-order valence-electron chi connectivity index (χ0n) is 22.9. The summed E-state index contributed by atoms with van der Waals surface area (Å²) in [7, 11) is 0. The van der Waals surface area contributed by atoms with Gasteiger partial charge in [-0.05, 0) is 69.2 Å². The van der Waals surface area contributed by atoms with E-state index in [-0.39, 0.29) is 17.2 Å². The number of benzene rings is 2. The molecule has 0 saturated carbocycles. The van der Waals surface area contributed by atoms with E-state index in [1.165, 1.54) is 22.0 Å². The van der Waals surface area contributed by atoms with E-state index in [2.05, 4.69) is 4.99 Å². The summed E-state index contributed by atoms with van der Waals surface area (Å²) in [6, 6.07) is 14.6. The molecule has 0 saturated heterocycles. The van der Waals surface area contributed by atoms with Gasteiger partial charge in [0.05, 0.1) is 32.3 Å². The number of nitro groups is 1. The smallest absolute Gasteiger partial charge is 0.280 e. The Morgan fingerprint density at radius 3 is 2.51 bits per heavy atom. The molecule has 4 aromatic rings. The predicted octanol–water partition coefficient (Wildman–Crippen LogP) is 5.23. The summed E-state index contributed by atoms with van der Waals surface area (Å²) in [6.07, 6.45) is 1.59. The summed E-state index contributed by atoms with van der Waals surface area (Å²) >= 11 is 7.34. The van der Waals surface area contributed by atoms with Gasteiger partial charge in [-0.3, -0.25) is 24.3 Å². The van der Waals surface area contributed by atoms with Gasteiger partial charge in [0.25, 0.3) is 17.2 Å². The van der Waals surface area contributed by atoms with Crippen LogP contribution in [0.4, 0.5) is 5.69 Å². The highest BCUT2D eigenvalue weighted by molar-refractivity contribution is 7.07. The third-order valence-corrected chi connectivity index (χ3v) is 8.24. The second kappa shape index (κ2) is 11.3. The number of hydrogen-bond donors (Lipinski definition) is 0. The fourth-order valence-corrected chi connectivity index (χ4v) is 6.09. The number of carbonyl (C=O) groups is 1. The van der Waals surface area contributed by atoms with Crippen LogP contribution in [0.5, 0.6) is 0 Å². The molecule has 2 aromatic carbocycles. The average molecular weight is 591 g/mol. The summed E-state index contributed by atoms with van der Waals surface area (Å²) in [6.45, 7) is 8.42. The van der Waals surface area contributed by atoms with Crippen LogP contribution in [0.3, 0.4) is 0 Å². The van der Waals surface area contributed by atoms with Crippen molar-refractivity contribution in [1.29, 1.82) is 0 Å². The number of hydrogen-bond acceptors (Lipinski definition) is 7. The van der Waals surface area contributed by atoms with Gasteiger partial charge >= 0.3 is 0 Å². The zero-order valence-corrected chi connectivity index (χ0v) is 24.5. The zero-order chi connectivity index (χ0) is 29.4. The molecule has 41 heavy (non-hydrogen) atoms. The van der Waals surface area contributed by atoms with Crippen LogP contribution in [-0.4, -0.2) is 33.4 Å². The lowest BCUT2D eigenvalue weighted by Crippen LogP contribution is -2.43. The summed E-state index contributed by atoms with van der Waals surface area (Å²) in [4.78, 5) is 45.6. The SMILES string of the molecule is CCN(CC)C(=O)C1=C(C)N=c2s/c(=C/c3ccc(-c4ccc(C)cc4[N+](=O)[O-])o3)c(=O)n2[C@@H]1c1ccc(Cl)cc1. The maximum atomic E-state index is 13.9. The minimum Gasteiger partial charge on any atom is -0.456 e. The third kappa shape index (κ3) is 5.28. The second-order valence-corrected chi connectivity index (χ2v) is 11.0. The molecule has 0 N–H and O–H groups in total. The molecule has 3 heterocycles. The van der Waals surface area contributed by atoms with Gasteiger partial charge in [0.2, 0.25) is 0 Å². The molecule has 9 nitrogen and oxygen atoms in total. The van der Waals surface area contributed by atoms with Crippen LogP contribution in [0.25, 0.3) is 17.4 Å². The van der Waals surface area contributed by atoms with Gasteiger partial charge < -0.3 is 9.32 Å². The summed E-state index contributed by atoms with van der Waals surface area (Å²) in [5.74, 6) is 0.497. The lowest BCUT2D eigenvalue weighted by atomic mass is 9.94. The van der Waals surface area contributed by atoms with Crippen molar-refractivity contribution < 1.29 is 14.1 Å². The first-order valence-electron chi connectivity index (χ1n) is 13.1. The maximum absolute atomic E-state index is 13.9. The van der Waals surface area contributed by atoms with E-state index < -0.39 is 11.0 Å².